The Morgan fingerprint density at radius 3 is 2.32 bits per heavy atom. The topological polar surface area (TPSA) is 84.9 Å². The van der Waals surface area contributed by atoms with E-state index in [1.165, 1.54) is 25.3 Å². The summed E-state index contributed by atoms with van der Waals surface area (Å²) < 4.78 is 11.5. The Bertz CT molecular complexity index is 1270. The first-order valence-corrected chi connectivity index (χ1v) is 10.8. The van der Waals surface area contributed by atoms with E-state index >= 15 is 0 Å². The molecule has 34 heavy (non-hydrogen) atoms. The molecule has 172 valence electrons. The van der Waals surface area contributed by atoms with Gasteiger partial charge in [0.25, 0.3) is 11.8 Å². The lowest BCUT2D eigenvalue weighted by molar-refractivity contribution is -0.122. The summed E-state index contributed by atoms with van der Waals surface area (Å²) in [6, 6.07) is 20.1. The van der Waals surface area contributed by atoms with Crippen molar-refractivity contribution in [3.63, 3.8) is 0 Å². The number of nitrogens with one attached hydrogen (secondary N) is 1. The number of hydrogen-bond acceptors (Lipinski definition) is 5. The lowest BCUT2D eigenvalue weighted by atomic mass is 10.1. The van der Waals surface area contributed by atoms with Crippen molar-refractivity contribution in [3.8, 4) is 11.5 Å². The van der Waals surface area contributed by atoms with E-state index in [-0.39, 0.29) is 11.7 Å². The predicted octanol–water partition coefficient (Wildman–Crippen LogP) is 5.16. The molecule has 0 aromatic heterocycles. The Morgan fingerprint density at radius 1 is 0.941 bits per heavy atom. The van der Waals surface area contributed by atoms with E-state index in [2.05, 4.69) is 5.32 Å². The monoisotopic (exact) mass is 476 g/mol. The zero-order valence-corrected chi connectivity index (χ0v) is 19.2. The highest BCUT2D eigenvalue weighted by Gasteiger charge is 2.36. The molecule has 1 aliphatic heterocycles. The minimum absolute atomic E-state index is 0.192. The van der Waals surface area contributed by atoms with Crippen LogP contribution in [0.1, 0.15) is 24.2 Å². The summed E-state index contributed by atoms with van der Waals surface area (Å²) in [6.07, 6.45) is 1.18. The van der Waals surface area contributed by atoms with Crippen LogP contribution in [0.25, 0.3) is 6.08 Å². The lowest BCUT2D eigenvalue weighted by Crippen LogP contribution is -2.54. The summed E-state index contributed by atoms with van der Waals surface area (Å²) in [7, 11) is 1.51. The van der Waals surface area contributed by atoms with E-state index in [0.717, 1.165) is 10.5 Å². The second kappa shape index (κ2) is 9.80. The van der Waals surface area contributed by atoms with E-state index in [9.17, 15) is 14.4 Å². The number of carbonyl (C=O) groups is 3. The molecule has 7 nitrogen and oxygen atoms in total. The van der Waals surface area contributed by atoms with E-state index in [4.69, 9.17) is 21.1 Å². The minimum Gasteiger partial charge on any atom is -0.493 e. The Hall–Kier alpha value is -4.10. The number of hydrogen-bond donors (Lipinski definition) is 1. The fourth-order valence-electron chi connectivity index (χ4n) is 3.50. The zero-order valence-electron chi connectivity index (χ0n) is 18.4. The lowest BCUT2D eigenvalue weighted by Gasteiger charge is -2.26. The molecule has 1 fully saturated rings. The van der Waals surface area contributed by atoms with Gasteiger partial charge in [-0.1, -0.05) is 48.0 Å². The number of carbonyl (C=O) groups excluding carboxylic acids is 3. The molecule has 0 radical (unpaired) electrons. The molecule has 0 bridgehead atoms. The molecule has 1 heterocycles. The highest BCUT2D eigenvalue weighted by molar-refractivity contribution is 6.39. The van der Waals surface area contributed by atoms with Gasteiger partial charge in [-0.25, -0.2) is 9.69 Å². The van der Waals surface area contributed by atoms with Gasteiger partial charge < -0.3 is 9.47 Å². The van der Waals surface area contributed by atoms with Crippen LogP contribution in [-0.2, 0) is 9.59 Å². The van der Waals surface area contributed by atoms with Crippen molar-refractivity contribution in [1.82, 2.24) is 5.32 Å². The molecule has 0 spiro atoms. The van der Waals surface area contributed by atoms with Crippen LogP contribution >= 0.6 is 11.6 Å². The van der Waals surface area contributed by atoms with Crippen LogP contribution in [0, 0.1) is 0 Å². The summed E-state index contributed by atoms with van der Waals surface area (Å²) in [4.78, 5) is 38.7. The van der Waals surface area contributed by atoms with E-state index in [0.29, 0.717) is 27.8 Å². The fourth-order valence-corrected chi connectivity index (χ4v) is 3.63. The van der Waals surface area contributed by atoms with Crippen LogP contribution in [0.3, 0.4) is 0 Å². The van der Waals surface area contributed by atoms with Crippen molar-refractivity contribution in [2.45, 2.75) is 13.0 Å². The maximum atomic E-state index is 13.0. The number of amides is 4. The van der Waals surface area contributed by atoms with E-state index in [1.807, 2.05) is 37.3 Å². The van der Waals surface area contributed by atoms with E-state index < -0.39 is 17.8 Å². The number of ether oxygens (including phenoxy) is 2. The molecule has 1 N–H and O–H groups in total. The average Bonchev–Trinajstić information content (AvgIpc) is 2.84. The van der Waals surface area contributed by atoms with Gasteiger partial charge in [0.2, 0.25) is 0 Å². The van der Waals surface area contributed by atoms with Crippen LogP contribution in [0.15, 0.2) is 78.4 Å². The highest BCUT2D eigenvalue weighted by Crippen LogP contribution is 2.33. The molecule has 1 unspecified atom stereocenters. The molecule has 3 aromatic rings. The summed E-state index contributed by atoms with van der Waals surface area (Å²) >= 11 is 5.90. The molecule has 3 aromatic carbocycles. The van der Waals surface area contributed by atoms with Gasteiger partial charge in [0.15, 0.2) is 11.5 Å². The first kappa shape index (κ1) is 23.1. The molecular formula is C26H21ClN2O5. The number of benzene rings is 3. The van der Waals surface area contributed by atoms with Crippen molar-refractivity contribution in [3.05, 3.63) is 94.5 Å². The van der Waals surface area contributed by atoms with Gasteiger partial charge in [0.05, 0.1) is 12.8 Å². The first-order chi connectivity index (χ1) is 16.4. The number of rotatable bonds is 6. The van der Waals surface area contributed by atoms with Crippen LogP contribution in [0.2, 0.25) is 5.02 Å². The standard InChI is InChI=1S/C26H21ClN2O5/c1-16(18-6-4-3-5-7-18)34-22-13-8-17(15-23(22)33-2)14-21-24(30)28-26(32)29(25(21)31)20-11-9-19(27)10-12-20/h3-16H,1-2H3,(H,28,30,32). The molecule has 4 amide bonds. The Kier molecular flexibility index (Phi) is 6.65. The number of halogens is 1. The number of methoxy groups -OCH3 is 1. The third kappa shape index (κ3) is 4.79. The largest absolute Gasteiger partial charge is 0.493 e. The molecule has 1 atom stereocenters. The normalized spacial score (nSPS) is 15.8. The van der Waals surface area contributed by atoms with Crippen molar-refractivity contribution < 1.29 is 23.9 Å². The number of nitrogens with zero attached hydrogens (tertiary/aromatic N) is 1. The molecule has 1 saturated heterocycles. The molecule has 0 aliphatic carbocycles. The number of anilines is 1. The van der Waals surface area contributed by atoms with Crippen LogP contribution in [-0.4, -0.2) is 25.0 Å². The molecule has 8 heteroatoms. The van der Waals surface area contributed by atoms with Crippen LogP contribution in [0.5, 0.6) is 11.5 Å². The molecular weight excluding hydrogens is 456 g/mol. The van der Waals surface area contributed by atoms with Gasteiger partial charge >= 0.3 is 6.03 Å². The SMILES string of the molecule is COc1cc(C=C2C(=O)NC(=O)N(c3ccc(Cl)cc3)C2=O)ccc1OC(C)c1ccccc1. The van der Waals surface area contributed by atoms with Gasteiger partial charge in [-0.3, -0.25) is 14.9 Å². The number of barbiturate groups is 1. The third-order valence-corrected chi connectivity index (χ3v) is 5.51. The first-order valence-electron chi connectivity index (χ1n) is 10.4. The molecule has 1 aliphatic rings. The highest BCUT2D eigenvalue weighted by atomic mass is 35.5. The minimum atomic E-state index is -0.828. The number of imide groups is 2. The van der Waals surface area contributed by atoms with Crippen LogP contribution in [0.4, 0.5) is 10.5 Å². The third-order valence-electron chi connectivity index (χ3n) is 5.26. The summed E-state index contributed by atoms with van der Waals surface area (Å²) in [6.45, 7) is 1.93. The van der Waals surface area contributed by atoms with Crippen molar-refractivity contribution in [1.29, 1.82) is 0 Å². The van der Waals surface area contributed by atoms with Crippen LogP contribution < -0.4 is 19.7 Å². The van der Waals surface area contributed by atoms with Crippen molar-refractivity contribution >= 4 is 41.2 Å². The number of urea groups is 1. The molecule has 0 saturated carbocycles. The summed E-state index contributed by atoms with van der Waals surface area (Å²) in [5.41, 5.74) is 1.64. The zero-order chi connectivity index (χ0) is 24.2. The second-order valence-corrected chi connectivity index (χ2v) is 7.95. The summed E-state index contributed by atoms with van der Waals surface area (Å²) in [5, 5.41) is 2.65. The van der Waals surface area contributed by atoms with Gasteiger partial charge in [0, 0.05) is 5.02 Å². The van der Waals surface area contributed by atoms with Crippen molar-refractivity contribution in [2.75, 3.05) is 12.0 Å². The van der Waals surface area contributed by atoms with Crippen molar-refractivity contribution in [2.24, 2.45) is 0 Å². The van der Waals surface area contributed by atoms with Gasteiger partial charge in [-0.15, -0.1) is 0 Å². The fraction of sp³-hybridized carbons (Fsp3) is 0.115. The predicted molar refractivity (Wildman–Crippen MR) is 129 cm³/mol. The Labute approximate surface area is 201 Å². The average molecular weight is 477 g/mol. The maximum Gasteiger partial charge on any atom is 0.335 e. The van der Waals surface area contributed by atoms with Gasteiger partial charge in [-0.05, 0) is 60.5 Å². The Morgan fingerprint density at radius 2 is 1.65 bits per heavy atom. The molecule has 4 rings (SSSR count). The quantitative estimate of drug-likeness (QED) is 0.392. The maximum absolute atomic E-state index is 13.0. The smallest absolute Gasteiger partial charge is 0.335 e. The van der Waals surface area contributed by atoms with Gasteiger partial charge in [0.1, 0.15) is 11.7 Å². The second-order valence-electron chi connectivity index (χ2n) is 7.52. The summed E-state index contributed by atoms with van der Waals surface area (Å²) in [5.74, 6) is -0.574. The van der Waals surface area contributed by atoms with E-state index in [1.54, 1.807) is 30.3 Å². The Balaban J connectivity index is 1.62. The van der Waals surface area contributed by atoms with Gasteiger partial charge in [-0.2, -0.15) is 0 Å².